The monoisotopic (exact) mass is 210 g/mol. The smallest absolute Gasteiger partial charge is 0.338 e. The molecular weight excluding hydrogens is 196 g/mol. The van der Waals surface area contributed by atoms with Crippen LogP contribution in [0.1, 0.15) is 30.6 Å². The average molecular weight is 210 g/mol. The molecule has 1 N–H and O–H groups in total. The summed E-state index contributed by atoms with van der Waals surface area (Å²) in [7, 11) is 0. The summed E-state index contributed by atoms with van der Waals surface area (Å²) in [6.07, 6.45) is 0.690. The normalized spacial score (nSPS) is 11.9. The summed E-state index contributed by atoms with van der Waals surface area (Å²) in [4.78, 5) is 15.5. The summed E-state index contributed by atoms with van der Waals surface area (Å²) < 4.78 is 5.12. The fourth-order valence-electron chi connectivity index (χ4n) is 0.986. The molecule has 0 aliphatic carbocycles. The van der Waals surface area contributed by atoms with Crippen LogP contribution in [0, 0.1) is 0 Å². The number of carbonyl (C=O) groups excluding carboxylic acids is 1. The van der Waals surface area contributed by atoms with Crippen LogP contribution in [-0.2, 0) is 4.74 Å². The SMILES string of the molecule is CCC(C)OC(=O)c1ccc(OO)cc1. The van der Waals surface area contributed by atoms with Crippen molar-refractivity contribution in [3.63, 3.8) is 0 Å². The maximum absolute atomic E-state index is 11.5. The van der Waals surface area contributed by atoms with E-state index in [0.717, 1.165) is 6.42 Å². The molecule has 15 heavy (non-hydrogen) atoms. The lowest BCUT2D eigenvalue weighted by atomic mass is 10.2. The molecule has 1 atom stereocenters. The van der Waals surface area contributed by atoms with E-state index in [1.807, 2.05) is 13.8 Å². The lowest BCUT2D eigenvalue weighted by Crippen LogP contribution is -2.13. The minimum Gasteiger partial charge on any atom is -0.459 e. The van der Waals surface area contributed by atoms with Crippen LogP contribution in [0.2, 0.25) is 0 Å². The van der Waals surface area contributed by atoms with Gasteiger partial charge in [0.25, 0.3) is 0 Å². The molecule has 0 aromatic heterocycles. The van der Waals surface area contributed by atoms with E-state index in [-0.39, 0.29) is 17.8 Å². The Kier molecular flexibility index (Phi) is 4.12. The number of carbonyl (C=O) groups is 1. The third kappa shape index (κ3) is 3.25. The highest BCUT2D eigenvalue weighted by molar-refractivity contribution is 5.89. The standard InChI is InChI=1S/C11H14O4/c1-3-8(2)14-11(12)9-4-6-10(15-13)7-5-9/h4-8,13H,3H2,1-2H3. The minimum absolute atomic E-state index is 0.0914. The fraction of sp³-hybridized carbons (Fsp3) is 0.364. The molecule has 1 rings (SSSR count). The van der Waals surface area contributed by atoms with Crippen molar-refractivity contribution in [1.29, 1.82) is 0 Å². The number of ether oxygens (including phenoxy) is 1. The number of esters is 1. The topological polar surface area (TPSA) is 55.8 Å². The summed E-state index contributed by atoms with van der Waals surface area (Å²) in [5.41, 5.74) is 0.441. The lowest BCUT2D eigenvalue weighted by Gasteiger charge is -2.10. The second-order valence-electron chi connectivity index (χ2n) is 3.24. The Morgan fingerprint density at radius 3 is 2.47 bits per heavy atom. The predicted molar refractivity (Wildman–Crippen MR) is 54.9 cm³/mol. The molecule has 0 saturated carbocycles. The molecule has 1 unspecified atom stereocenters. The van der Waals surface area contributed by atoms with Gasteiger partial charge < -0.3 is 9.62 Å². The molecule has 0 spiro atoms. The Bertz CT molecular complexity index is 318. The van der Waals surface area contributed by atoms with Gasteiger partial charge in [0, 0.05) is 0 Å². The quantitative estimate of drug-likeness (QED) is 0.471. The van der Waals surface area contributed by atoms with Gasteiger partial charge >= 0.3 is 5.97 Å². The van der Waals surface area contributed by atoms with E-state index in [1.165, 1.54) is 24.3 Å². The second kappa shape index (κ2) is 5.36. The number of hydrogen-bond donors (Lipinski definition) is 1. The highest BCUT2D eigenvalue weighted by atomic mass is 17.1. The van der Waals surface area contributed by atoms with E-state index in [0.29, 0.717) is 5.56 Å². The first kappa shape index (κ1) is 11.5. The molecule has 82 valence electrons. The van der Waals surface area contributed by atoms with Gasteiger partial charge in [-0.1, -0.05) is 6.92 Å². The van der Waals surface area contributed by atoms with Crippen LogP contribution < -0.4 is 4.89 Å². The van der Waals surface area contributed by atoms with E-state index in [9.17, 15) is 4.79 Å². The van der Waals surface area contributed by atoms with Gasteiger partial charge in [-0.05, 0) is 37.6 Å². The molecule has 0 amide bonds. The first-order chi connectivity index (χ1) is 7.17. The Morgan fingerprint density at radius 2 is 2.00 bits per heavy atom. The van der Waals surface area contributed by atoms with Crippen LogP contribution >= 0.6 is 0 Å². The van der Waals surface area contributed by atoms with Crippen LogP contribution in [-0.4, -0.2) is 17.3 Å². The Hall–Kier alpha value is -1.55. The van der Waals surface area contributed by atoms with Crippen molar-refractivity contribution in [1.82, 2.24) is 0 Å². The summed E-state index contributed by atoms with van der Waals surface area (Å²) in [5, 5.41) is 8.33. The molecule has 1 aromatic carbocycles. The van der Waals surface area contributed by atoms with Crippen molar-refractivity contribution < 1.29 is 19.7 Å². The lowest BCUT2D eigenvalue weighted by molar-refractivity contribution is -0.137. The molecule has 0 heterocycles. The molecule has 4 heteroatoms. The molecule has 1 aromatic rings. The minimum atomic E-state index is -0.367. The van der Waals surface area contributed by atoms with Crippen LogP contribution in [0.25, 0.3) is 0 Å². The molecule has 0 aliphatic heterocycles. The maximum atomic E-state index is 11.5. The summed E-state index contributed by atoms with van der Waals surface area (Å²) >= 11 is 0. The van der Waals surface area contributed by atoms with Crippen LogP contribution in [0.4, 0.5) is 0 Å². The van der Waals surface area contributed by atoms with Gasteiger partial charge in [0.2, 0.25) is 0 Å². The van der Waals surface area contributed by atoms with E-state index in [1.54, 1.807) is 0 Å². The molecular formula is C11H14O4. The zero-order valence-electron chi connectivity index (χ0n) is 8.77. The van der Waals surface area contributed by atoms with Crippen molar-refractivity contribution in [3.8, 4) is 5.75 Å². The van der Waals surface area contributed by atoms with Gasteiger partial charge in [0.1, 0.15) is 0 Å². The molecule has 0 saturated heterocycles. The zero-order chi connectivity index (χ0) is 11.3. The third-order valence-corrected chi connectivity index (χ3v) is 2.08. The summed E-state index contributed by atoms with van der Waals surface area (Å²) in [6, 6.07) is 6.06. The molecule has 0 aliphatic rings. The number of rotatable bonds is 4. The van der Waals surface area contributed by atoms with Crippen molar-refractivity contribution in [2.24, 2.45) is 0 Å². The van der Waals surface area contributed by atoms with E-state index in [2.05, 4.69) is 4.89 Å². The van der Waals surface area contributed by atoms with Crippen LogP contribution in [0.5, 0.6) is 5.75 Å². The van der Waals surface area contributed by atoms with Gasteiger partial charge in [0.15, 0.2) is 5.75 Å². The second-order valence-corrected chi connectivity index (χ2v) is 3.24. The highest BCUT2D eigenvalue weighted by Gasteiger charge is 2.10. The number of hydrogen-bond acceptors (Lipinski definition) is 4. The van der Waals surface area contributed by atoms with Gasteiger partial charge in [-0.3, -0.25) is 0 Å². The Balaban J connectivity index is 2.66. The van der Waals surface area contributed by atoms with Crippen molar-refractivity contribution >= 4 is 5.97 Å². The molecule has 0 fully saturated rings. The first-order valence-electron chi connectivity index (χ1n) is 4.79. The zero-order valence-corrected chi connectivity index (χ0v) is 8.77. The van der Waals surface area contributed by atoms with Gasteiger partial charge in [-0.2, -0.15) is 0 Å². The van der Waals surface area contributed by atoms with Crippen molar-refractivity contribution in [3.05, 3.63) is 29.8 Å². The third-order valence-electron chi connectivity index (χ3n) is 2.08. The summed E-state index contributed by atoms with van der Waals surface area (Å²) in [6.45, 7) is 3.78. The first-order valence-corrected chi connectivity index (χ1v) is 4.79. The van der Waals surface area contributed by atoms with Crippen molar-refractivity contribution in [2.45, 2.75) is 26.4 Å². The molecule has 4 nitrogen and oxygen atoms in total. The molecule has 0 bridgehead atoms. The average Bonchev–Trinajstić information content (AvgIpc) is 2.29. The largest absolute Gasteiger partial charge is 0.459 e. The van der Waals surface area contributed by atoms with Crippen molar-refractivity contribution in [2.75, 3.05) is 0 Å². The summed E-state index contributed by atoms with van der Waals surface area (Å²) in [5.74, 6) is -0.0797. The van der Waals surface area contributed by atoms with Gasteiger partial charge in [0.05, 0.1) is 11.7 Å². The van der Waals surface area contributed by atoms with Crippen LogP contribution in [0.15, 0.2) is 24.3 Å². The van der Waals surface area contributed by atoms with E-state index < -0.39 is 0 Å². The van der Waals surface area contributed by atoms with E-state index in [4.69, 9.17) is 9.99 Å². The maximum Gasteiger partial charge on any atom is 0.338 e. The number of benzene rings is 1. The Morgan fingerprint density at radius 1 is 1.40 bits per heavy atom. The Labute approximate surface area is 88.4 Å². The van der Waals surface area contributed by atoms with Gasteiger partial charge in [-0.25, -0.2) is 10.1 Å². The van der Waals surface area contributed by atoms with E-state index >= 15 is 0 Å². The van der Waals surface area contributed by atoms with Crippen LogP contribution in [0.3, 0.4) is 0 Å². The molecule has 0 radical (unpaired) electrons. The fourth-order valence-corrected chi connectivity index (χ4v) is 0.986. The highest BCUT2D eigenvalue weighted by Crippen LogP contribution is 2.12. The predicted octanol–water partition coefficient (Wildman–Crippen LogP) is 2.49. The van der Waals surface area contributed by atoms with Gasteiger partial charge in [-0.15, -0.1) is 0 Å².